The van der Waals surface area contributed by atoms with E-state index in [1.807, 2.05) is 23.9 Å². The topological polar surface area (TPSA) is 56.7 Å². The van der Waals surface area contributed by atoms with E-state index >= 15 is 0 Å². The molecule has 0 unspecified atom stereocenters. The average molecular weight is 244 g/mol. The number of benzene rings is 1. The third-order valence-electron chi connectivity index (χ3n) is 3.06. The van der Waals surface area contributed by atoms with E-state index in [1.165, 1.54) is 11.1 Å². The lowest BCUT2D eigenvalue weighted by atomic mass is 10.0. The lowest BCUT2D eigenvalue weighted by Crippen LogP contribution is -2.05. The molecule has 1 aromatic carbocycles. The van der Waals surface area contributed by atoms with Crippen LogP contribution in [0.4, 0.5) is 0 Å². The molecule has 0 amide bonds. The van der Waals surface area contributed by atoms with Crippen molar-refractivity contribution in [2.24, 2.45) is 12.8 Å². The van der Waals surface area contributed by atoms with Gasteiger partial charge in [0.1, 0.15) is 5.82 Å². The summed E-state index contributed by atoms with van der Waals surface area (Å²) in [6.07, 6.45) is 2.80. The van der Waals surface area contributed by atoms with Crippen molar-refractivity contribution in [1.29, 1.82) is 0 Å². The number of aryl methyl sites for hydroxylation is 2. The van der Waals surface area contributed by atoms with Crippen molar-refractivity contribution in [1.82, 2.24) is 14.8 Å². The second-order valence-corrected chi connectivity index (χ2v) is 4.47. The summed E-state index contributed by atoms with van der Waals surface area (Å²) in [6, 6.07) is 8.23. The summed E-state index contributed by atoms with van der Waals surface area (Å²) < 4.78 is 1.87. The Balaban J connectivity index is 2.22. The summed E-state index contributed by atoms with van der Waals surface area (Å²) in [5, 5.41) is 4.43. The summed E-state index contributed by atoms with van der Waals surface area (Å²) in [4.78, 5) is 4.58. The molecule has 0 spiro atoms. The fourth-order valence-electron chi connectivity index (χ4n) is 2.06. The molecule has 0 atom stereocenters. The molecule has 0 aliphatic carbocycles. The predicted molar refractivity (Wildman–Crippen MR) is 72.1 cm³/mol. The Hall–Kier alpha value is -1.68. The van der Waals surface area contributed by atoms with E-state index in [0.717, 1.165) is 30.9 Å². The monoisotopic (exact) mass is 244 g/mol. The molecule has 2 aromatic rings. The van der Waals surface area contributed by atoms with Crippen LogP contribution in [0.15, 0.2) is 24.3 Å². The summed E-state index contributed by atoms with van der Waals surface area (Å²) in [7, 11) is 1.95. The fraction of sp³-hybridized carbons (Fsp3) is 0.429. The Kier molecular flexibility index (Phi) is 4.10. The van der Waals surface area contributed by atoms with Gasteiger partial charge in [0, 0.05) is 26.4 Å². The number of rotatable bonds is 5. The molecule has 0 aliphatic rings. The minimum absolute atomic E-state index is 0.565. The molecule has 96 valence electrons. The highest BCUT2D eigenvalue weighted by Crippen LogP contribution is 2.13. The predicted octanol–water partition coefficient (Wildman–Crippen LogP) is 1.82. The van der Waals surface area contributed by atoms with Crippen molar-refractivity contribution in [2.45, 2.75) is 32.7 Å². The molecule has 4 heteroatoms. The zero-order valence-corrected chi connectivity index (χ0v) is 11.1. The van der Waals surface area contributed by atoms with Crippen LogP contribution in [-0.4, -0.2) is 14.8 Å². The molecule has 0 aliphatic heterocycles. The molecule has 0 saturated carbocycles. The largest absolute Gasteiger partial charge is 0.326 e. The first-order valence-electron chi connectivity index (χ1n) is 6.40. The SMILES string of the molecule is CCCc1nc(Cc2ccccc2CN)n(C)n1. The Bertz CT molecular complexity index is 516. The van der Waals surface area contributed by atoms with Gasteiger partial charge in [-0.15, -0.1) is 0 Å². The van der Waals surface area contributed by atoms with Crippen LogP contribution in [-0.2, 0) is 26.4 Å². The molecule has 18 heavy (non-hydrogen) atoms. The van der Waals surface area contributed by atoms with E-state index in [-0.39, 0.29) is 0 Å². The minimum atomic E-state index is 0.565. The Morgan fingerprint density at radius 3 is 2.61 bits per heavy atom. The van der Waals surface area contributed by atoms with Crippen LogP contribution in [0.25, 0.3) is 0 Å². The van der Waals surface area contributed by atoms with E-state index in [4.69, 9.17) is 5.73 Å². The number of aromatic nitrogens is 3. The van der Waals surface area contributed by atoms with Gasteiger partial charge in [0.15, 0.2) is 5.82 Å². The first-order chi connectivity index (χ1) is 8.74. The normalized spacial score (nSPS) is 10.8. The van der Waals surface area contributed by atoms with Crippen molar-refractivity contribution < 1.29 is 0 Å². The zero-order chi connectivity index (χ0) is 13.0. The molecule has 4 nitrogen and oxygen atoms in total. The van der Waals surface area contributed by atoms with E-state index in [2.05, 4.69) is 29.1 Å². The van der Waals surface area contributed by atoms with Gasteiger partial charge in [0.2, 0.25) is 0 Å². The summed E-state index contributed by atoms with van der Waals surface area (Å²) >= 11 is 0. The summed E-state index contributed by atoms with van der Waals surface area (Å²) in [5.41, 5.74) is 8.17. The van der Waals surface area contributed by atoms with Crippen molar-refractivity contribution >= 4 is 0 Å². The number of hydrogen-bond acceptors (Lipinski definition) is 3. The van der Waals surface area contributed by atoms with Gasteiger partial charge in [-0.25, -0.2) is 4.98 Å². The Morgan fingerprint density at radius 2 is 1.94 bits per heavy atom. The van der Waals surface area contributed by atoms with Crippen molar-refractivity contribution in [3.05, 3.63) is 47.0 Å². The van der Waals surface area contributed by atoms with E-state index in [0.29, 0.717) is 6.54 Å². The molecule has 1 heterocycles. The summed E-state index contributed by atoms with van der Waals surface area (Å²) in [5.74, 6) is 1.93. The van der Waals surface area contributed by atoms with Gasteiger partial charge in [-0.1, -0.05) is 31.2 Å². The first kappa shape index (κ1) is 12.8. The third-order valence-corrected chi connectivity index (χ3v) is 3.06. The van der Waals surface area contributed by atoms with Crippen LogP contribution in [0.1, 0.15) is 36.1 Å². The third kappa shape index (κ3) is 2.76. The van der Waals surface area contributed by atoms with Crippen LogP contribution in [0, 0.1) is 0 Å². The van der Waals surface area contributed by atoms with Crippen LogP contribution >= 0.6 is 0 Å². The molecule has 2 rings (SSSR count). The lowest BCUT2D eigenvalue weighted by Gasteiger charge is -2.06. The van der Waals surface area contributed by atoms with Gasteiger partial charge in [-0.3, -0.25) is 4.68 Å². The Morgan fingerprint density at radius 1 is 1.22 bits per heavy atom. The second-order valence-electron chi connectivity index (χ2n) is 4.47. The fourth-order valence-corrected chi connectivity index (χ4v) is 2.06. The van der Waals surface area contributed by atoms with Crippen LogP contribution in [0.5, 0.6) is 0 Å². The maximum atomic E-state index is 5.75. The average Bonchev–Trinajstić information content (AvgIpc) is 2.71. The number of nitrogens with zero attached hydrogens (tertiary/aromatic N) is 3. The Labute approximate surface area is 108 Å². The number of nitrogens with two attached hydrogens (primary N) is 1. The standard InChI is InChI=1S/C14H20N4/c1-3-6-13-16-14(18(2)17-13)9-11-7-4-5-8-12(11)10-15/h4-5,7-8H,3,6,9-10,15H2,1-2H3. The molecular formula is C14H20N4. The molecule has 0 bridgehead atoms. The van der Waals surface area contributed by atoms with Crippen molar-refractivity contribution in [3.8, 4) is 0 Å². The molecule has 0 saturated heterocycles. The molecule has 0 fully saturated rings. The smallest absolute Gasteiger partial charge is 0.150 e. The maximum absolute atomic E-state index is 5.75. The van der Waals surface area contributed by atoms with Crippen LogP contribution in [0.3, 0.4) is 0 Å². The first-order valence-corrected chi connectivity index (χ1v) is 6.40. The number of hydrogen-bond donors (Lipinski definition) is 1. The van der Waals surface area contributed by atoms with Gasteiger partial charge < -0.3 is 5.73 Å². The van der Waals surface area contributed by atoms with E-state index in [9.17, 15) is 0 Å². The van der Waals surface area contributed by atoms with Gasteiger partial charge >= 0.3 is 0 Å². The highest BCUT2D eigenvalue weighted by atomic mass is 15.3. The van der Waals surface area contributed by atoms with Gasteiger partial charge in [0.25, 0.3) is 0 Å². The molecular weight excluding hydrogens is 224 g/mol. The van der Waals surface area contributed by atoms with Crippen molar-refractivity contribution in [2.75, 3.05) is 0 Å². The molecule has 1 aromatic heterocycles. The molecule has 0 radical (unpaired) electrons. The highest BCUT2D eigenvalue weighted by molar-refractivity contribution is 5.29. The van der Waals surface area contributed by atoms with Crippen molar-refractivity contribution in [3.63, 3.8) is 0 Å². The maximum Gasteiger partial charge on any atom is 0.150 e. The van der Waals surface area contributed by atoms with Gasteiger partial charge in [-0.2, -0.15) is 5.10 Å². The van der Waals surface area contributed by atoms with Crippen LogP contribution < -0.4 is 5.73 Å². The second kappa shape index (κ2) is 5.78. The van der Waals surface area contributed by atoms with Crippen LogP contribution in [0.2, 0.25) is 0 Å². The van der Waals surface area contributed by atoms with E-state index in [1.54, 1.807) is 0 Å². The minimum Gasteiger partial charge on any atom is -0.326 e. The molecule has 2 N–H and O–H groups in total. The summed E-state index contributed by atoms with van der Waals surface area (Å²) in [6.45, 7) is 2.70. The highest BCUT2D eigenvalue weighted by Gasteiger charge is 2.09. The quantitative estimate of drug-likeness (QED) is 0.872. The lowest BCUT2D eigenvalue weighted by molar-refractivity contribution is 0.700. The zero-order valence-electron chi connectivity index (χ0n) is 11.1. The van der Waals surface area contributed by atoms with Gasteiger partial charge in [-0.05, 0) is 17.5 Å². The van der Waals surface area contributed by atoms with E-state index < -0.39 is 0 Å². The van der Waals surface area contributed by atoms with Gasteiger partial charge in [0.05, 0.1) is 0 Å².